The molecule has 0 fully saturated rings. The molecule has 0 aliphatic carbocycles. The number of aromatic nitrogens is 1. The third kappa shape index (κ3) is 4.87. The number of hydrogen-bond donors (Lipinski definition) is 1. The second-order valence-corrected chi connectivity index (χ2v) is 10.2. The zero-order chi connectivity index (χ0) is 27.7. The molecule has 0 atom stereocenters. The Balaban J connectivity index is 1.71. The van der Waals surface area contributed by atoms with Crippen LogP contribution in [0.3, 0.4) is 0 Å². The maximum atomic E-state index is 13.5. The lowest BCUT2D eigenvalue weighted by Crippen LogP contribution is -2.20. The average Bonchev–Trinajstić information content (AvgIpc) is 3.35. The third-order valence-corrected chi connectivity index (χ3v) is 7.79. The highest BCUT2D eigenvalue weighted by Crippen LogP contribution is 2.41. The van der Waals surface area contributed by atoms with E-state index < -0.39 is 5.97 Å². The molecule has 0 aliphatic rings. The van der Waals surface area contributed by atoms with Gasteiger partial charge in [0.2, 0.25) is 5.88 Å². The van der Waals surface area contributed by atoms with Crippen molar-refractivity contribution in [3.05, 3.63) is 110 Å². The molecule has 8 heteroatoms. The molecule has 0 amide bonds. The van der Waals surface area contributed by atoms with Gasteiger partial charge >= 0.3 is 5.97 Å². The first-order valence-electron chi connectivity index (χ1n) is 12.3. The van der Waals surface area contributed by atoms with Gasteiger partial charge in [0.1, 0.15) is 10.6 Å². The van der Waals surface area contributed by atoms with Crippen molar-refractivity contribution in [3.63, 3.8) is 0 Å². The predicted molar refractivity (Wildman–Crippen MR) is 159 cm³/mol. The molecular weight excluding hydrogens is 532 g/mol. The summed E-state index contributed by atoms with van der Waals surface area (Å²) in [6.07, 6.45) is 1.49. The lowest BCUT2D eigenvalue weighted by molar-refractivity contribution is 0.0529. The Kier molecular flexibility index (Phi) is 7.37. The Morgan fingerprint density at radius 2 is 1.74 bits per heavy atom. The molecular formula is C31H25ClN2O4S. The van der Waals surface area contributed by atoms with Crippen molar-refractivity contribution in [3.8, 4) is 22.7 Å². The largest absolute Gasteiger partial charge is 0.494 e. The van der Waals surface area contributed by atoms with Gasteiger partial charge in [-0.2, -0.15) is 0 Å². The number of aromatic hydroxyl groups is 1. The highest BCUT2D eigenvalue weighted by atomic mass is 35.5. The number of hydrogen-bond acceptors (Lipinski definition) is 6. The Bertz CT molecular complexity index is 1820. The highest BCUT2D eigenvalue weighted by Gasteiger charge is 2.23. The lowest BCUT2D eigenvalue weighted by atomic mass is 10.0. The van der Waals surface area contributed by atoms with Crippen molar-refractivity contribution in [1.29, 1.82) is 0 Å². The van der Waals surface area contributed by atoms with E-state index in [0.717, 1.165) is 11.1 Å². The number of fused-ring (bicyclic) bond motifs is 1. The molecule has 6 nitrogen and oxygen atoms in total. The van der Waals surface area contributed by atoms with E-state index in [1.165, 1.54) is 22.1 Å². The van der Waals surface area contributed by atoms with Crippen molar-refractivity contribution < 1.29 is 14.6 Å². The molecule has 0 bridgehead atoms. The van der Waals surface area contributed by atoms with E-state index in [2.05, 4.69) is 4.99 Å². The summed E-state index contributed by atoms with van der Waals surface area (Å²) >= 11 is 7.70. The van der Waals surface area contributed by atoms with Crippen LogP contribution in [0.4, 0.5) is 5.00 Å². The number of pyridine rings is 1. The van der Waals surface area contributed by atoms with Crippen LogP contribution in [0, 0.1) is 13.8 Å². The van der Waals surface area contributed by atoms with Gasteiger partial charge in [0, 0.05) is 38.5 Å². The van der Waals surface area contributed by atoms with Gasteiger partial charge in [-0.25, -0.2) is 14.4 Å². The van der Waals surface area contributed by atoms with Crippen molar-refractivity contribution in [2.75, 3.05) is 6.61 Å². The van der Waals surface area contributed by atoms with Crippen LogP contribution in [0.1, 0.15) is 34.0 Å². The number of esters is 1. The second kappa shape index (κ2) is 10.9. The fourth-order valence-corrected chi connectivity index (χ4v) is 5.57. The van der Waals surface area contributed by atoms with E-state index in [1.807, 2.05) is 49.6 Å². The van der Waals surface area contributed by atoms with Crippen LogP contribution in [-0.4, -0.2) is 28.5 Å². The minimum absolute atomic E-state index is 0.201. The number of thiophene rings is 1. The summed E-state index contributed by atoms with van der Waals surface area (Å²) in [6, 6.07) is 19.9. The maximum Gasteiger partial charge on any atom is 0.341 e. The summed E-state index contributed by atoms with van der Waals surface area (Å²) in [6.45, 7) is 5.88. The average molecular weight is 557 g/mol. The Morgan fingerprint density at radius 3 is 2.46 bits per heavy atom. The summed E-state index contributed by atoms with van der Waals surface area (Å²) in [5.74, 6) is -0.763. The normalized spacial score (nSPS) is 11.4. The van der Waals surface area contributed by atoms with Crippen LogP contribution in [0.5, 0.6) is 5.88 Å². The topological polar surface area (TPSA) is 80.9 Å². The molecule has 5 rings (SSSR count). The number of aliphatic imine (C=N–C) groups is 1. The van der Waals surface area contributed by atoms with Gasteiger partial charge in [-0.1, -0.05) is 54.1 Å². The number of carbonyl (C=O) groups excluding carboxylic acids is 1. The highest BCUT2D eigenvalue weighted by molar-refractivity contribution is 7.14. The standard InChI is InChI=1S/C31H25ClN2O4S/c1-4-38-31(37)27-25(22-10-7-8-12-26(22)32)17-39-28(27)33-16-24-21-9-5-6-11-23(21)29(35)34(30(24)36)20-14-13-18(2)19(3)15-20/h5-17,36H,4H2,1-3H3. The monoisotopic (exact) mass is 556 g/mol. The maximum absolute atomic E-state index is 13.5. The fraction of sp³-hybridized carbons (Fsp3) is 0.129. The molecule has 0 unspecified atom stereocenters. The van der Waals surface area contributed by atoms with Crippen LogP contribution < -0.4 is 5.56 Å². The van der Waals surface area contributed by atoms with Crippen LogP contribution >= 0.6 is 22.9 Å². The SMILES string of the molecule is CCOC(=O)c1c(-c2ccccc2Cl)csc1N=Cc1c(O)n(-c2ccc(C)c(C)c2)c(=O)c2ccccc12. The van der Waals surface area contributed by atoms with Crippen LogP contribution in [0.15, 0.2) is 81.9 Å². The first-order valence-corrected chi connectivity index (χ1v) is 13.6. The number of ether oxygens (including phenoxy) is 1. The van der Waals surface area contributed by atoms with Gasteiger partial charge in [-0.15, -0.1) is 11.3 Å². The number of aryl methyl sites for hydroxylation is 2. The first kappa shape index (κ1) is 26.4. The lowest BCUT2D eigenvalue weighted by Gasteiger charge is -2.14. The van der Waals surface area contributed by atoms with Gasteiger partial charge in [-0.05, 0) is 56.2 Å². The molecule has 196 valence electrons. The Labute approximate surface area is 234 Å². The molecule has 1 N–H and O–H groups in total. The van der Waals surface area contributed by atoms with Gasteiger partial charge in [0.15, 0.2) is 0 Å². The van der Waals surface area contributed by atoms with E-state index in [1.54, 1.807) is 43.3 Å². The van der Waals surface area contributed by atoms with Gasteiger partial charge in [0.05, 0.1) is 17.9 Å². The predicted octanol–water partition coefficient (Wildman–Crippen LogP) is 7.62. The molecule has 39 heavy (non-hydrogen) atoms. The Morgan fingerprint density at radius 1 is 1.03 bits per heavy atom. The minimum atomic E-state index is -0.519. The van der Waals surface area contributed by atoms with Crippen molar-refractivity contribution >= 4 is 50.9 Å². The number of benzene rings is 3. The van der Waals surface area contributed by atoms with E-state index in [9.17, 15) is 14.7 Å². The number of carbonyl (C=O) groups is 1. The van der Waals surface area contributed by atoms with Crippen molar-refractivity contribution in [2.45, 2.75) is 20.8 Å². The Hall–Kier alpha value is -4.20. The molecule has 0 radical (unpaired) electrons. The summed E-state index contributed by atoms with van der Waals surface area (Å²) in [5.41, 5.74) is 4.22. The third-order valence-electron chi connectivity index (χ3n) is 6.58. The van der Waals surface area contributed by atoms with Gasteiger partial charge in [0.25, 0.3) is 5.56 Å². The summed E-state index contributed by atoms with van der Waals surface area (Å²) < 4.78 is 6.63. The van der Waals surface area contributed by atoms with Crippen LogP contribution in [0.25, 0.3) is 27.6 Å². The first-order chi connectivity index (χ1) is 18.8. The van der Waals surface area contributed by atoms with Gasteiger partial charge < -0.3 is 9.84 Å². The molecule has 2 aromatic heterocycles. The van der Waals surface area contributed by atoms with Crippen molar-refractivity contribution in [2.24, 2.45) is 4.99 Å². The second-order valence-electron chi connectivity index (χ2n) is 8.98. The molecule has 0 aliphatic heterocycles. The zero-order valence-corrected chi connectivity index (χ0v) is 23.1. The smallest absolute Gasteiger partial charge is 0.341 e. The van der Waals surface area contributed by atoms with Crippen molar-refractivity contribution in [1.82, 2.24) is 4.57 Å². The molecule has 0 saturated heterocycles. The molecule has 5 aromatic rings. The zero-order valence-electron chi connectivity index (χ0n) is 21.6. The quantitative estimate of drug-likeness (QED) is 0.172. The summed E-state index contributed by atoms with van der Waals surface area (Å²) in [7, 11) is 0. The minimum Gasteiger partial charge on any atom is -0.494 e. The number of rotatable bonds is 6. The number of halogens is 1. The van der Waals surface area contributed by atoms with E-state index in [4.69, 9.17) is 16.3 Å². The van der Waals surface area contributed by atoms with Crippen LogP contribution in [0.2, 0.25) is 5.02 Å². The number of nitrogens with zero attached hydrogens (tertiary/aromatic N) is 2. The van der Waals surface area contributed by atoms with E-state index >= 15 is 0 Å². The molecule has 2 heterocycles. The van der Waals surface area contributed by atoms with Crippen LogP contribution in [-0.2, 0) is 4.74 Å². The van der Waals surface area contributed by atoms with E-state index in [0.29, 0.717) is 43.2 Å². The molecule has 0 spiro atoms. The fourth-order valence-electron chi connectivity index (χ4n) is 4.44. The van der Waals surface area contributed by atoms with E-state index in [-0.39, 0.29) is 23.6 Å². The molecule has 3 aromatic carbocycles. The summed E-state index contributed by atoms with van der Waals surface area (Å²) in [4.78, 5) is 31.1. The molecule has 0 saturated carbocycles. The summed E-state index contributed by atoms with van der Waals surface area (Å²) in [5, 5.41) is 15.1. The van der Waals surface area contributed by atoms with Gasteiger partial charge in [-0.3, -0.25) is 4.79 Å².